The van der Waals surface area contributed by atoms with Gasteiger partial charge in [0.15, 0.2) is 0 Å². The lowest BCUT2D eigenvalue weighted by Crippen LogP contribution is -2.43. The van der Waals surface area contributed by atoms with Gasteiger partial charge < -0.3 is 20.3 Å². The Morgan fingerprint density at radius 1 is 1.16 bits per heavy atom. The summed E-state index contributed by atoms with van der Waals surface area (Å²) in [7, 11) is 1.66. The predicted molar refractivity (Wildman–Crippen MR) is 120 cm³/mol. The Balaban J connectivity index is 1.50. The number of morpholine rings is 1. The van der Waals surface area contributed by atoms with Crippen LogP contribution in [0, 0.1) is 5.82 Å². The summed E-state index contributed by atoms with van der Waals surface area (Å²) in [6, 6.07) is 11.0. The number of amides is 2. The van der Waals surface area contributed by atoms with Crippen molar-refractivity contribution in [2.75, 3.05) is 55.4 Å². The zero-order chi connectivity index (χ0) is 22.4. The lowest BCUT2D eigenvalue weighted by atomic mass is 10.2. The van der Waals surface area contributed by atoms with Gasteiger partial charge in [0, 0.05) is 29.5 Å². The van der Waals surface area contributed by atoms with E-state index in [1.54, 1.807) is 18.9 Å². The summed E-state index contributed by atoms with van der Waals surface area (Å²) in [4.78, 5) is 28.6. The van der Waals surface area contributed by atoms with Crippen molar-refractivity contribution < 1.29 is 18.7 Å². The molecule has 2 amide bonds. The second-order valence-electron chi connectivity index (χ2n) is 7.40. The number of halogens is 2. The zero-order valence-corrected chi connectivity index (χ0v) is 18.3. The molecule has 0 bridgehead atoms. The number of carbonyl (C=O) groups excluding carboxylic acids is 2. The Morgan fingerprint density at radius 2 is 1.84 bits per heavy atom. The maximum absolute atomic E-state index is 13.9. The molecule has 0 aromatic heterocycles. The van der Waals surface area contributed by atoms with Gasteiger partial charge in [-0.15, -0.1) is 0 Å². The summed E-state index contributed by atoms with van der Waals surface area (Å²) in [6.45, 7) is 4.76. The van der Waals surface area contributed by atoms with Crippen LogP contribution in [-0.4, -0.2) is 62.7 Å². The van der Waals surface area contributed by atoms with Crippen molar-refractivity contribution in [3.63, 3.8) is 0 Å². The molecule has 1 aliphatic rings. The molecule has 0 aliphatic carbocycles. The van der Waals surface area contributed by atoms with Crippen LogP contribution in [0.25, 0.3) is 0 Å². The van der Waals surface area contributed by atoms with E-state index in [4.69, 9.17) is 16.3 Å². The summed E-state index contributed by atoms with van der Waals surface area (Å²) in [5.41, 5.74) is 1.80. The largest absolute Gasteiger partial charge is 0.378 e. The Labute approximate surface area is 186 Å². The van der Waals surface area contributed by atoms with Crippen LogP contribution in [-0.2, 0) is 14.3 Å². The van der Waals surface area contributed by atoms with E-state index in [0.29, 0.717) is 18.9 Å². The first kappa shape index (κ1) is 23.0. The first-order chi connectivity index (χ1) is 14.8. The smallest absolute Gasteiger partial charge is 0.241 e. The standard InChI is InChI=1S/C22H26ClFN4O3/c1-15(22(30)26-20-8-3-16(23)13-19(20)24)27(2)14-21(29)25-17-4-6-18(7-5-17)28-9-11-31-12-10-28/h3-8,13,15H,9-12,14H2,1-2H3,(H,25,29)(H,26,30). The van der Waals surface area contributed by atoms with Crippen LogP contribution in [0.3, 0.4) is 0 Å². The average Bonchev–Trinajstić information content (AvgIpc) is 2.76. The predicted octanol–water partition coefficient (Wildman–Crippen LogP) is 3.21. The van der Waals surface area contributed by atoms with Gasteiger partial charge in [0.2, 0.25) is 11.8 Å². The van der Waals surface area contributed by atoms with E-state index >= 15 is 0 Å². The molecular weight excluding hydrogens is 423 g/mol. The van der Waals surface area contributed by atoms with Gasteiger partial charge in [-0.2, -0.15) is 0 Å². The third kappa shape index (κ3) is 6.40. The summed E-state index contributed by atoms with van der Waals surface area (Å²) in [5, 5.41) is 5.60. The topological polar surface area (TPSA) is 73.9 Å². The maximum atomic E-state index is 13.9. The SMILES string of the molecule is CC(C(=O)Nc1ccc(Cl)cc1F)N(C)CC(=O)Nc1ccc(N2CCOCC2)cc1. The van der Waals surface area contributed by atoms with Crippen molar-refractivity contribution in [2.45, 2.75) is 13.0 Å². The summed E-state index contributed by atoms with van der Waals surface area (Å²) < 4.78 is 19.2. The highest BCUT2D eigenvalue weighted by Crippen LogP contribution is 2.20. The van der Waals surface area contributed by atoms with Crippen LogP contribution in [0.2, 0.25) is 5.02 Å². The third-order valence-corrected chi connectivity index (χ3v) is 5.39. The molecule has 166 valence electrons. The van der Waals surface area contributed by atoms with Crippen molar-refractivity contribution in [1.82, 2.24) is 4.90 Å². The molecule has 3 rings (SSSR count). The fourth-order valence-electron chi connectivity index (χ4n) is 3.17. The van der Waals surface area contributed by atoms with Gasteiger partial charge in [-0.1, -0.05) is 11.6 Å². The molecule has 0 spiro atoms. The highest BCUT2D eigenvalue weighted by molar-refractivity contribution is 6.30. The summed E-state index contributed by atoms with van der Waals surface area (Å²) >= 11 is 5.73. The van der Waals surface area contributed by atoms with Crippen LogP contribution in [0.1, 0.15) is 6.92 Å². The molecule has 1 atom stereocenters. The molecule has 1 unspecified atom stereocenters. The van der Waals surface area contributed by atoms with Gasteiger partial charge in [0.25, 0.3) is 0 Å². The minimum absolute atomic E-state index is 0.00288. The molecule has 2 aromatic carbocycles. The number of rotatable bonds is 7. The molecule has 1 saturated heterocycles. The first-order valence-electron chi connectivity index (χ1n) is 10.0. The van der Waals surface area contributed by atoms with Gasteiger partial charge in [-0.3, -0.25) is 14.5 Å². The van der Waals surface area contributed by atoms with Crippen LogP contribution in [0.15, 0.2) is 42.5 Å². The highest BCUT2D eigenvalue weighted by Gasteiger charge is 2.21. The quantitative estimate of drug-likeness (QED) is 0.680. The number of anilines is 3. The van der Waals surface area contributed by atoms with Gasteiger partial charge >= 0.3 is 0 Å². The number of carbonyl (C=O) groups is 2. The summed E-state index contributed by atoms with van der Waals surface area (Å²) in [5.74, 6) is -1.29. The molecule has 31 heavy (non-hydrogen) atoms. The molecule has 1 fully saturated rings. The van der Waals surface area contributed by atoms with Gasteiger partial charge in [0.1, 0.15) is 5.82 Å². The molecule has 1 heterocycles. The van der Waals surface area contributed by atoms with Crippen molar-refractivity contribution in [1.29, 1.82) is 0 Å². The van der Waals surface area contributed by atoms with E-state index in [-0.39, 0.29) is 23.2 Å². The molecule has 2 N–H and O–H groups in total. The van der Waals surface area contributed by atoms with Gasteiger partial charge in [0.05, 0.1) is 31.5 Å². The first-order valence-corrected chi connectivity index (χ1v) is 10.4. The lowest BCUT2D eigenvalue weighted by Gasteiger charge is -2.29. The minimum atomic E-state index is -0.649. The third-order valence-electron chi connectivity index (χ3n) is 5.15. The van der Waals surface area contributed by atoms with Crippen molar-refractivity contribution in [3.05, 3.63) is 53.3 Å². The van der Waals surface area contributed by atoms with Crippen molar-refractivity contribution >= 4 is 40.5 Å². The molecular formula is C22H26ClFN4O3. The second-order valence-corrected chi connectivity index (χ2v) is 7.84. The maximum Gasteiger partial charge on any atom is 0.241 e. The number of hydrogen-bond donors (Lipinski definition) is 2. The number of likely N-dealkylation sites (N-methyl/N-ethyl adjacent to an activating group) is 1. The van der Waals surface area contributed by atoms with E-state index in [0.717, 1.165) is 24.8 Å². The van der Waals surface area contributed by atoms with E-state index in [2.05, 4.69) is 15.5 Å². The van der Waals surface area contributed by atoms with Gasteiger partial charge in [-0.05, 0) is 56.4 Å². The zero-order valence-electron chi connectivity index (χ0n) is 17.5. The Bertz CT molecular complexity index is 919. The molecule has 7 nitrogen and oxygen atoms in total. The normalized spacial score (nSPS) is 14.9. The highest BCUT2D eigenvalue weighted by atomic mass is 35.5. The average molecular weight is 449 g/mol. The Hall–Kier alpha value is -2.68. The molecule has 2 aromatic rings. The second kappa shape index (κ2) is 10.6. The van der Waals surface area contributed by atoms with Crippen LogP contribution < -0.4 is 15.5 Å². The monoisotopic (exact) mass is 448 g/mol. The molecule has 0 saturated carbocycles. The van der Waals surface area contributed by atoms with Crippen molar-refractivity contribution in [2.24, 2.45) is 0 Å². The fraction of sp³-hybridized carbons (Fsp3) is 0.364. The summed E-state index contributed by atoms with van der Waals surface area (Å²) in [6.07, 6.45) is 0. The van der Waals surface area contributed by atoms with E-state index in [1.807, 2.05) is 24.3 Å². The van der Waals surface area contributed by atoms with Crippen LogP contribution >= 0.6 is 11.6 Å². The number of benzene rings is 2. The number of nitrogens with zero attached hydrogens (tertiary/aromatic N) is 2. The molecule has 0 radical (unpaired) electrons. The van der Waals surface area contributed by atoms with Gasteiger partial charge in [-0.25, -0.2) is 4.39 Å². The molecule has 9 heteroatoms. The Kier molecular flexibility index (Phi) is 7.84. The van der Waals surface area contributed by atoms with E-state index in [1.165, 1.54) is 12.1 Å². The number of hydrogen-bond acceptors (Lipinski definition) is 5. The number of ether oxygens (including phenoxy) is 1. The fourth-order valence-corrected chi connectivity index (χ4v) is 3.33. The van der Waals surface area contributed by atoms with E-state index < -0.39 is 17.8 Å². The molecule has 1 aliphatic heterocycles. The Morgan fingerprint density at radius 3 is 2.48 bits per heavy atom. The van der Waals surface area contributed by atoms with Crippen molar-refractivity contribution in [3.8, 4) is 0 Å². The lowest BCUT2D eigenvalue weighted by molar-refractivity contribution is -0.122. The van der Waals surface area contributed by atoms with E-state index in [9.17, 15) is 14.0 Å². The minimum Gasteiger partial charge on any atom is -0.378 e. The number of nitrogens with one attached hydrogen (secondary N) is 2. The van der Waals surface area contributed by atoms with Crippen LogP contribution in [0.4, 0.5) is 21.5 Å². The van der Waals surface area contributed by atoms with Crippen LogP contribution in [0.5, 0.6) is 0 Å².